The number of carbonyl (C=O) groups is 2. The lowest BCUT2D eigenvalue weighted by atomic mass is 10.1. The second-order valence-corrected chi connectivity index (χ2v) is 9.93. The molecule has 0 saturated carbocycles. The number of anilines is 1. The van der Waals surface area contributed by atoms with Crippen molar-refractivity contribution < 1.29 is 9.59 Å². The monoisotopic (exact) mass is 477 g/mol. The molecule has 1 fully saturated rings. The summed E-state index contributed by atoms with van der Waals surface area (Å²) in [6.07, 6.45) is 2.91. The van der Waals surface area contributed by atoms with Crippen molar-refractivity contribution in [3.05, 3.63) is 66.0 Å². The van der Waals surface area contributed by atoms with Gasteiger partial charge >= 0.3 is 0 Å². The van der Waals surface area contributed by atoms with E-state index in [1.165, 1.54) is 24.6 Å². The second kappa shape index (κ2) is 11.4. The molecule has 1 aliphatic heterocycles. The SMILES string of the molecule is CC(C)CC(=O)Nc1ccc(C(=O)CSc2nnc(CN3CCCC3)n2-c2ccccc2)cc1. The number of aromatic nitrogens is 3. The molecule has 1 saturated heterocycles. The van der Waals surface area contributed by atoms with Crippen LogP contribution in [0.1, 0.15) is 49.3 Å². The van der Waals surface area contributed by atoms with Gasteiger partial charge in [0.1, 0.15) is 0 Å². The average molecular weight is 478 g/mol. The Morgan fingerprint density at radius 3 is 2.38 bits per heavy atom. The number of nitrogens with one attached hydrogen (secondary N) is 1. The standard InChI is InChI=1S/C26H31N5O2S/c1-19(2)16-25(33)27-21-12-10-20(11-13-21)23(32)18-34-26-29-28-24(17-30-14-6-7-15-30)31(26)22-8-4-3-5-9-22/h3-5,8-13,19H,6-7,14-18H2,1-2H3,(H,27,33). The molecule has 178 valence electrons. The highest BCUT2D eigenvalue weighted by molar-refractivity contribution is 7.99. The molecular weight excluding hydrogens is 446 g/mol. The normalized spacial score (nSPS) is 14.0. The number of ketones is 1. The predicted molar refractivity (Wildman–Crippen MR) is 135 cm³/mol. The fourth-order valence-electron chi connectivity index (χ4n) is 4.01. The fourth-order valence-corrected chi connectivity index (χ4v) is 4.87. The van der Waals surface area contributed by atoms with E-state index < -0.39 is 0 Å². The highest BCUT2D eigenvalue weighted by atomic mass is 32.2. The number of Topliss-reactive ketones (excluding diaryl/α,β-unsaturated/α-hetero) is 1. The molecule has 8 heteroatoms. The molecule has 4 rings (SSSR count). The van der Waals surface area contributed by atoms with Gasteiger partial charge in [0, 0.05) is 23.4 Å². The van der Waals surface area contributed by atoms with E-state index in [9.17, 15) is 9.59 Å². The van der Waals surface area contributed by atoms with Crippen molar-refractivity contribution in [2.24, 2.45) is 5.92 Å². The van der Waals surface area contributed by atoms with Crippen molar-refractivity contribution in [1.82, 2.24) is 19.7 Å². The number of carbonyl (C=O) groups excluding carboxylic acids is 2. The van der Waals surface area contributed by atoms with E-state index in [1.54, 1.807) is 24.3 Å². The molecule has 0 unspecified atom stereocenters. The first kappa shape index (κ1) is 24.2. The van der Waals surface area contributed by atoms with E-state index in [2.05, 4.69) is 25.0 Å². The first-order chi connectivity index (χ1) is 16.5. The Kier molecular flexibility index (Phi) is 8.13. The summed E-state index contributed by atoms with van der Waals surface area (Å²) < 4.78 is 2.06. The van der Waals surface area contributed by atoms with Crippen LogP contribution in [0.15, 0.2) is 59.8 Å². The molecule has 1 aliphatic rings. The highest BCUT2D eigenvalue weighted by Gasteiger charge is 2.20. The molecule has 2 aromatic carbocycles. The molecular formula is C26H31N5O2S. The second-order valence-electron chi connectivity index (χ2n) is 8.99. The molecule has 7 nitrogen and oxygen atoms in total. The Balaban J connectivity index is 1.43. The Bertz CT molecular complexity index is 1110. The smallest absolute Gasteiger partial charge is 0.224 e. The number of amides is 1. The van der Waals surface area contributed by atoms with Gasteiger partial charge in [-0.05, 0) is 68.2 Å². The Labute approximate surface area is 205 Å². The van der Waals surface area contributed by atoms with Crippen LogP contribution in [0.4, 0.5) is 5.69 Å². The van der Waals surface area contributed by atoms with Crippen molar-refractivity contribution in [1.29, 1.82) is 0 Å². The van der Waals surface area contributed by atoms with Gasteiger partial charge in [-0.1, -0.05) is 43.8 Å². The summed E-state index contributed by atoms with van der Waals surface area (Å²) in [5.41, 5.74) is 2.31. The third-order valence-electron chi connectivity index (χ3n) is 5.70. The molecule has 1 N–H and O–H groups in total. The van der Waals surface area contributed by atoms with E-state index in [0.29, 0.717) is 28.7 Å². The lowest BCUT2D eigenvalue weighted by Crippen LogP contribution is -2.21. The summed E-state index contributed by atoms with van der Waals surface area (Å²) in [5, 5.41) is 12.5. The lowest BCUT2D eigenvalue weighted by molar-refractivity contribution is -0.116. The molecule has 1 amide bonds. The molecule has 2 heterocycles. The van der Waals surface area contributed by atoms with Gasteiger partial charge in [-0.2, -0.15) is 0 Å². The number of rotatable bonds is 10. The molecule has 34 heavy (non-hydrogen) atoms. The largest absolute Gasteiger partial charge is 0.326 e. The number of thioether (sulfide) groups is 1. The van der Waals surface area contributed by atoms with Gasteiger partial charge in [0.25, 0.3) is 0 Å². The summed E-state index contributed by atoms with van der Waals surface area (Å²) >= 11 is 1.40. The van der Waals surface area contributed by atoms with E-state index >= 15 is 0 Å². The molecule has 0 radical (unpaired) electrons. The third kappa shape index (κ3) is 6.33. The number of benzene rings is 2. The Morgan fingerprint density at radius 2 is 1.71 bits per heavy atom. The van der Waals surface area contributed by atoms with Crippen molar-refractivity contribution >= 4 is 29.1 Å². The average Bonchev–Trinajstić information content (AvgIpc) is 3.48. The first-order valence-electron chi connectivity index (χ1n) is 11.8. The third-order valence-corrected chi connectivity index (χ3v) is 6.62. The van der Waals surface area contributed by atoms with Gasteiger partial charge in [-0.25, -0.2) is 0 Å². The number of nitrogens with zero attached hydrogens (tertiary/aromatic N) is 4. The summed E-state index contributed by atoms with van der Waals surface area (Å²) in [5.74, 6) is 1.44. The molecule has 1 aromatic heterocycles. The van der Waals surface area contributed by atoms with E-state index in [4.69, 9.17) is 0 Å². The van der Waals surface area contributed by atoms with E-state index in [1.807, 2.05) is 44.2 Å². The summed E-state index contributed by atoms with van der Waals surface area (Å²) in [6.45, 7) is 6.92. The van der Waals surface area contributed by atoms with Crippen LogP contribution in [0.25, 0.3) is 5.69 Å². The Morgan fingerprint density at radius 1 is 1.00 bits per heavy atom. The Hall–Kier alpha value is -2.97. The minimum Gasteiger partial charge on any atom is -0.326 e. The quantitative estimate of drug-likeness (QED) is 0.333. The number of hydrogen-bond acceptors (Lipinski definition) is 6. The van der Waals surface area contributed by atoms with Gasteiger partial charge in [0.15, 0.2) is 16.8 Å². The minimum atomic E-state index is -0.0189. The number of para-hydroxylation sites is 1. The van der Waals surface area contributed by atoms with Gasteiger partial charge in [-0.3, -0.25) is 19.1 Å². The first-order valence-corrected chi connectivity index (χ1v) is 12.8. The van der Waals surface area contributed by atoms with Crippen molar-refractivity contribution in [3.8, 4) is 5.69 Å². The summed E-state index contributed by atoms with van der Waals surface area (Å²) in [4.78, 5) is 27.2. The van der Waals surface area contributed by atoms with Gasteiger partial charge in [-0.15, -0.1) is 10.2 Å². The van der Waals surface area contributed by atoms with Crippen LogP contribution >= 0.6 is 11.8 Å². The van der Waals surface area contributed by atoms with Crippen molar-refractivity contribution in [3.63, 3.8) is 0 Å². The maximum absolute atomic E-state index is 12.9. The van der Waals surface area contributed by atoms with Crippen LogP contribution in [0.2, 0.25) is 0 Å². The molecule has 0 bridgehead atoms. The van der Waals surface area contributed by atoms with Crippen LogP contribution in [0.3, 0.4) is 0 Å². The van der Waals surface area contributed by atoms with Gasteiger partial charge < -0.3 is 5.32 Å². The van der Waals surface area contributed by atoms with E-state index in [-0.39, 0.29) is 17.4 Å². The fraction of sp³-hybridized carbons (Fsp3) is 0.385. The molecule has 0 atom stereocenters. The van der Waals surface area contributed by atoms with Crippen molar-refractivity contribution in [2.45, 2.75) is 44.8 Å². The van der Waals surface area contributed by atoms with Crippen LogP contribution in [0, 0.1) is 5.92 Å². The van der Waals surface area contributed by atoms with Crippen LogP contribution < -0.4 is 5.32 Å². The minimum absolute atomic E-state index is 0.00811. The van der Waals surface area contributed by atoms with Gasteiger partial charge in [0.05, 0.1) is 12.3 Å². The zero-order valence-corrected chi connectivity index (χ0v) is 20.6. The number of likely N-dealkylation sites (tertiary alicyclic amines) is 1. The molecule has 3 aromatic rings. The zero-order valence-electron chi connectivity index (χ0n) is 19.7. The van der Waals surface area contributed by atoms with Crippen LogP contribution in [0.5, 0.6) is 0 Å². The van der Waals surface area contributed by atoms with Crippen LogP contribution in [-0.2, 0) is 11.3 Å². The van der Waals surface area contributed by atoms with Gasteiger partial charge in [0.2, 0.25) is 5.91 Å². The van der Waals surface area contributed by atoms with Crippen molar-refractivity contribution in [2.75, 3.05) is 24.2 Å². The number of hydrogen-bond donors (Lipinski definition) is 1. The molecule has 0 aliphatic carbocycles. The summed E-state index contributed by atoms with van der Waals surface area (Å²) in [6, 6.07) is 17.1. The highest BCUT2D eigenvalue weighted by Crippen LogP contribution is 2.25. The maximum Gasteiger partial charge on any atom is 0.224 e. The molecule has 0 spiro atoms. The zero-order chi connectivity index (χ0) is 23.9. The van der Waals surface area contributed by atoms with E-state index in [0.717, 1.165) is 31.1 Å². The summed E-state index contributed by atoms with van der Waals surface area (Å²) in [7, 11) is 0. The topological polar surface area (TPSA) is 80.1 Å². The lowest BCUT2D eigenvalue weighted by Gasteiger charge is -2.15. The van der Waals surface area contributed by atoms with Crippen LogP contribution in [-0.4, -0.2) is 50.2 Å². The predicted octanol–water partition coefficient (Wildman–Crippen LogP) is 4.82. The maximum atomic E-state index is 12.9.